The number of hydrogen-bond acceptors (Lipinski definition) is 5. The van der Waals surface area contributed by atoms with Gasteiger partial charge in [0.05, 0.1) is 11.6 Å². The van der Waals surface area contributed by atoms with Crippen LogP contribution in [0.5, 0.6) is 0 Å². The molecule has 0 bridgehead atoms. The number of aryl methyl sites for hydroxylation is 1. The summed E-state index contributed by atoms with van der Waals surface area (Å²) in [6.45, 7) is 6.21. The molecule has 5 heteroatoms. The van der Waals surface area contributed by atoms with Crippen LogP contribution in [0.25, 0.3) is 0 Å². The highest BCUT2D eigenvalue weighted by atomic mass is 15.3. The Morgan fingerprint density at radius 2 is 2.00 bits per heavy atom. The zero-order valence-corrected chi connectivity index (χ0v) is 12.6. The number of aromatic nitrogens is 1. The average molecular weight is 285 g/mol. The van der Waals surface area contributed by atoms with Crippen molar-refractivity contribution in [2.45, 2.75) is 38.3 Å². The molecule has 2 aliphatic rings. The molecule has 2 saturated heterocycles. The van der Waals surface area contributed by atoms with Gasteiger partial charge in [-0.1, -0.05) is 0 Å². The molecule has 0 spiro atoms. The Balaban J connectivity index is 1.67. The van der Waals surface area contributed by atoms with Gasteiger partial charge in [0.15, 0.2) is 0 Å². The van der Waals surface area contributed by atoms with Gasteiger partial charge in [0.25, 0.3) is 0 Å². The van der Waals surface area contributed by atoms with E-state index in [1.165, 1.54) is 6.42 Å². The van der Waals surface area contributed by atoms with Crippen molar-refractivity contribution in [3.8, 4) is 6.07 Å². The van der Waals surface area contributed by atoms with E-state index in [1.807, 2.05) is 19.1 Å². The Labute approximate surface area is 126 Å². The maximum absolute atomic E-state index is 9.09. The Hall–Kier alpha value is -1.64. The van der Waals surface area contributed by atoms with Gasteiger partial charge in [0, 0.05) is 30.9 Å². The molecule has 0 radical (unpaired) electrons. The third-order valence-corrected chi connectivity index (χ3v) is 4.65. The van der Waals surface area contributed by atoms with Crippen molar-refractivity contribution in [2.24, 2.45) is 5.73 Å². The van der Waals surface area contributed by atoms with Crippen molar-refractivity contribution >= 4 is 5.82 Å². The molecule has 1 aromatic heterocycles. The molecule has 2 fully saturated rings. The van der Waals surface area contributed by atoms with Crippen molar-refractivity contribution < 1.29 is 0 Å². The third-order valence-electron chi connectivity index (χ3n) is 4.65. The predicted octanol–water partition coefficient (Wildman–Crippen LogP) is 1.26. The lowest BCUT2D eigenvalue weighted by Crippen LogP contribution is -2.46. The van der Waals surface area contributed by atoms with Crippen LogP contribution in [0.3, 0.4) is 0 Å². The van der Waals surface area contributed by atoms with Crippen LogP contribution in [-0.2, 0) is 0 Å². The topological polar surface area (TPSA) is 69.2 Å². The minimum absolute atomic E-state index is 0.385. The molecule has 1 unspecified atom stereocenters. The molecule has 0 amide bonds. The van der Waals surface area contributed by atoms with Crippen LogP contribution in [0, 0.1) is 18.3 Å². The standard InChI is InChI=1S/C16H23N5/c1-12-8-13(10-17)9-16(19-12)21-7-4-15(11-21)20-5-2-14(18)3-6-20/h8-9,14-15H,2-7,11,18H2,1H3. The largest absolute Gasteiger partial charge is 0.355 e. The van der Waals surface area contributed by atoms with Crippen molar-refractivity contribution in [1.82, 2.24) is 9.88 Å². The molecule has 3 rings (SSSR count). The summed E-state index contributed by atoms with van der Waals surface area (Å²) in [6.07, 6.45) is 3.39. The first-order chi connectivity index (χ1) is 10.2. The maximum atomic E-state index is 9.09. The zero-order chi connectivity index (χ0) is 14.8. The number of nitrogens with two attached hydrogens (primary N) is 1. The fourth-order valence-electron chi connectivity index (χ4n) is 3.41. The summed E-state index contributed by atoms with van der Waals surface area (Å²) in [5.74, 6) is 0.947. The summed E-state index contributed by atoms with van der Waals surface area (Å²) in [7, 11) is 0. The lowest BCUT2D eigenvalue weighted by Gasteiger charge is -2.34. The van der Waals surface area contributed by atoms with Crippen molar-refractivity contribution in [3.05, 3.63) is 23.4 Å². The van der Waals surface area contributed by atoms with E-state index < -0.39 is 0 Å². The van der Waals surface area contributed by atoms with E-state index in [1.54, 1.807) is 0 Å². The first-order valence-electron chi connectivity index (χ1n) is 7.79. The molecular weight excluding hydrogens is 262 g/mol. The summed E-state index contributed by atoms with van der Waals surface area (Å²) in [4.78, 5) is 9.48. The van der Waals surface area contributed by atoms with Gasteiger partial charge in [-0.2, -0.15) is 5.26 Å². The number of likely N-dealkylation sites (tertiary alicyclic amines) is 1. The first-order valence-corrected chi connectivity index (χ1v) is 7.79. The molecule has 2 N–H and O–H groups in total. The highest BCUT2D eigenvalue weighted by molar-refractivity contribution is 5.47. The van der Waals surface area contributed by atoms with Gasteiger partial charge in [0.1, 0.15) is 5.82 Å². The van der Waals surface area contributed by atoms with E-state index in [0.717, 1.165) is 50.5 Å². The fourth-order valence-corrected chi connectivity index (χ4v) is 3.41. The Morgan fingerprint density at radius 1 is 1.24 bits per heavy atom. The number of nitriles is 1. The normalized spacial score (nSPS) is 24.2. The van der Waals surface area contributed by atoms with Gasteiger partial charge in [0.2, 0.25) is 0 Å². The summed E-state index contributed by atoms with van der Waals surface area (Å²) in [6, 6.07) is 6.95. The molecule has 2 aliphatic heterocycles. The Morgan fingerprint density at radius 3 is 2.71 bits per heavy atom. The first kappa shape index (κ1) is 14.3. The van der Waals surface area contributed by atoms with E-state index in [2.05, 4.69) is 20.9 Å². The van der Waals surface area contributed by atoms with E-state index in [4.69, 9.17) is 11.0 Å². The Bertz CT molecular complexity index is 542. The summed E-state index contributed by atoms with van der Waals surface area (Å²) < 4.78 is 0. The number of hydrogen-bond donors (Lipinski definition) is 1. The molecule has 21 heavy (non-hydrogen) atoms. The number of rotatable bonds is 2. The van der Waals surface area contributed by atoms with Gasteiger partial charge >= 0.3 is 0 Å². The van der Waals surface area contributed by atoms with Gasteiger partial charge in [-0.3, -0.25) is 4.90 Å². The maximum Gasteiger partial charge on any atom is 0.130 e. The van der Waals surface area contributed by atoms with Gasteiger partial charge in [-0.15, -0.1) is 0 Å². The third kappa shape index (κ3) is 3.17. The van der Waals surface area contributed by atoms with Crippen molar-refractivity contribution in [1.29, 1.82) is 5.26 Å². The van der Waals surface area contributed by atoms with Crippen LogP contribution in [0.1, 0.15) is 30.5 Å². The number of nitrogens with zero attached hydrogens (tertiary/aromatic N) is 4. The highest BCUT2D eigenvalue weighted by Crippen LogP contribution is 2.24. The molecule has 0 aromatic carbocycles. The van der Waals surface area contributed by atoms with Crippen LogP contribution in [0.2, 0.25) is 0 Å². The van der Waals surface area contributed by atoms with Crippen molar-refractivity contribution in [2.75, 3.05) is 31.1 Å². The molecule has 112 valence electrons. The summed E-state index contributed by atoms with van der Waals surface area (Å²) >= 11 is 0. The minimum Gasteiger partial charge on any atom is -0.355 e. The Kier molecular flexibility index (Phi) is 4.09. The monoisotopic (exact) mass is 285 g/mol. The van der Waals surface area contributed by atoms with Crippen LogP contribution >= 0.6 is 0 Å². The van der Waals surface area contributed by atoms with Crippen LogP contribution in [-0.4, -0.2) is 48.1 Å². The number of anilines is 1. The second kappa shape index (κ2) is 6.00. The SMILES string of the molecule is Cc1cc(C#N)cc(N2CCC(N3CCC(N)CC3)C2)n1. The molecule has 5 nitrogen and oxygen atoms in total. The summed E-state index contributed by atoms with van der Waals surface area (Å²) in [5.41, 5.74) is 7.60. The van der Waals surface area contributed by atoms with E-state index in [9.17, 15) is 0 Å². The van der Waals surface area contributed by atoms with Crippen LogP contribution < -0.4 is 10.6 Å². The fraction of sp³-hybridized carbons (Fsp3) is 0.625. The molecule has 1 aromatic rings. The van der Waals surface area contributed by atoms with E-state index in [-0.39, 0.29) is 0 Å². The predicted molar refractivity (Wildman–Crippen MR) is 83.1 cm³/mol. The lowest BCUT2D eigenvalue weighted by molar-refractivity contribution is 0.163. The quantitative estimate of drug-likeness (QED) is 0.886. The molecule has 0 saturated carbocycles. The lowest BCUT2D eigenvalue weighted by atomic mass is 10.0. The zero-order valence-electron chi connectivity index (χ0n) is 12.6. The van der Waals surface area contributed by atoms with E-state index in [0.29, 0.717) is 17.6 Å². The smallest absolute Gasteiger partial charge is 0.130 e. The van der Waals surface area contributed by atoms with Gasteiger partial charge < -0.3 is 10.6 Å². The minimum atomic E-state index is 0.385. The second-order valence-electron chi connectivity index (χ2n) is 6.23. The van der Waals surface area contributed by atoms with Gasteiger partial charge in [-0.05, 0) is 51.4 Å². The van der Waals surface area contributed by atoms with Crippen LogP contribution in [0.4, 0.5) is 5.82 Å². The van der Waals surface area contributed by atoms with Crippen molar-refractivity contribution in [3.63, 3.8) is 0 Å². The number of pyridine rings is 1. The van der Waals surface area contributed by atoms with Crippen LogP contribution in [0.15, 0.2) is 12.1 Å². The molecule has 3 heterocycles. The molecular formula is C16H23N5. The molecule has 0 aliphatic carbocycles. The second-order valence-corrected chi connectivity index (χ2v) is 6.23. The van der Waals surface area contributed by atoms with E-state index >= 15 is 0 Å². The molecule has 1 atom stereocenters. The summed E-state index contributed by atoms with van der Waals surface area (Å²) in [5, 5.41) is 9.09. The average Bonchev–Trinajstić information content (AvgIpc) is 2.97. The number of piperidine rings is 1. The highest BCUT2D eigenvalue weighted by Gasteiger charge is 2.30. The van der Waals surface area contributed by atoms with Gasteiger partial charge in [-0.25, -0.2) is 4.98 Å².